The van der Waals surface area contributed by atoms with Crippen LogP contribution in [0.3, 0.4) is 0 Å². The van der Waals surface area contributed by atoms with Gasteiger partial charge in [0, 0.05) is 37.8 Å². The van der Waals surface area contributed by atoms with Crippen molar-refractivity contribution in [1.29, 1.82) is 0 Å². The Bertz CT molecular complexity index is 846. The predicted octanol–water partition coefficient (Wildman–Crippen LogP) is 3.41. The molecule has 6 heteroatoms. The Morgan fingerprint density at radius 3 is 2.39 bits per heavy atom. The molecule has 2 N–H and O–H groups in total. The summed E-state index contributed by atoms with van der Waals surface area (Å²) in [7, 11) is 2.10. The Balaban J connectivity index is 1.45. The first kappa shape index (κ1) is 22.7. The van der Waals surface area contributed by atoms with Crippen molar-refractivity contribution >= 4 is 17.5 Å². The highest BCUT2D eigenvalue weighted by Gasteiger charge is 2.26. The molecule has 0 bridgehead atoms. The van der Waals surface area contributed by atoms with Gasteiger partial charge in [-0.05, 0) is 49.1 Å². The molecule has 1 aliphatic rings. The number of nitrogens with zero attached hydrogens (tertiary/aromatic N) is 2. The second-order valence-corrected chi connectivity index (χ2v) is 8.18. The number of hydrogen-bond donors (Lipinski definition) is 1. The third-order valence-corrected chi connectivity index (χ3v) is 5.95. The summed E-state index contributed by atoms with van der Waals surface area (Å²) in [5, 5.41) is 0. The molecule has 165 valence electrons. The maximum absolute atomic E-state index is 12.4. The van der Waals surface area contributed by atoms with Crippen LogP contribution in [0.4, 0.5) is 5.69 Å². The molecule has 1 unspecified atom stereocenters. The number of piperidine rings is 1. The largest absolute Gasteiger partial charge is 0.489 e. The number of primary amides is 1. The molecule has 1 fully saturated rings. The van der Waals surface area contributed by atoms with Crippen LogP contribution >= 0.6 is 0 Å². The van der Waals surface area contributed by atoms with E-state index in [1.807, 2.05) is 35.2 Å². The molecule has 1 saturated heterocycles. The van der Waals surface area contributed by atoms with E-state index in [0.29, 0.717) is 32.2 Å². The minimum Gasteiger partial charge on any atom is -0.489 e. The smallest absolute Gasteiger partial charge is 0.226 e. The topological polar surface area (TPSA) is 75.9 Å². The van der Waals surface area contributed by atoms with Crippen LogP contribution in [0.25, 0.3) is 0 Å². The van der Waals surface area contributed by atoms with Gasteiger partial charge in [0.05, 0.1) is 6.42 Å². The molecule has 2 aromatic carbocycles. The number of carbonyl (C=O) groups excluding carboxylic acids is 2. The number of anilines is 1. The first-order valence-electron chi connectivity index (χ1n) is 10.8. The van der Waals surface area contributed by atoms with Crippen molar-refractivity contribution in [3.05, 3.63) is 66.6 Å². The van der Waals surface area contributed by atoms with Crippen molar-refractivity contribution in [1.82, 2.24) is 4.90 Å². The maximum atomic E-state index is 12.4. The van der Waals surface area contributed by atoms with Crippen LogP contribution in [0, 0.1) is 12.3 Å². The van der Waals surface area contributed by atoms with E-state index in [4.69, 9.17) is 10.5 Å². The summed E-state index contributed by atoms with van der Waals surface area (Å²) in [5.41, 5.74) is 7.55. The molecule has 0 aromatic heterocycles. The second kappa shape index (κ2) is 10.8. The summed E-state index contributed by atoms with van der Waals surface area (Å²) in [5.74, 6) is 0.157. The first-order chi connectivity index (χ1) is 14.9. The lowest BCUT2D eigenvalue weighted by Crippen LogP contribution is -2.45. The van der Waals surface area contributed by atoms with Gasteiger partial charge in [-0.25, -0.2) is 0 Å². The quantitative estimate of drug-likeness (QED) is 0.672. The van der Waals surface area contributed by atoms with Crippen LogP contribution in [-0.4, -0.2) is 42.9 Å². The fourth-order valence-corrected chi connectivity index (χ4v) is 3.73. The molecule has 1 atom stereocenters. The fraction of sp³-hybridized carbons (Fsp3) is 0.400. The summed E-state index contributed by atoms with van der Waals surface area (Å²) in [6.07, 6.45) is 3.81. The van der Waals surface area contributed by atoms with Crippen molar-refractivity contribution in [3.8, 4) is 5.75 Å². The molecule has 2 amide bonds. The van der Waals surface area contributed by atoms with Gasteiger partial charge in [-0.15, -0.1) is 0 Å². The van der Waals surface area contributed by atoms with E-state index in [1.165, 1.54) is 0 Å². The van der Waals surface area contributed by atoms with Crippen molar-refractivity contribution in [2.75, 3.05) is 25.0 Å². The van der Waals surface area contributed by atoms with Gasteiger partial charge >= 0.3 is 0 Å². The lowest BCUT2D eigenvalue weighted by Gasteiger charge is -2.38. The summed E-state index contributed by atoms with van der Waals surface area (Å²) in [4.78, 5) is 27.6. The average molecular weight is 423 g/mol. The summed E-state index contributed by atoms with van der Waals surface area (Å²) >= 11 is 0. The molecule has 31 heavy (non-hydrogen) atoms. The van der Waals surface area contributed by atoms with E-state index in [9.17, 15) is 9.59 Å². The van der Waals surface area contributed by atoms with Gasteiger partial charge in [-0.3, -0.25) is 9.59 Å². The van der Waals surface area contributed by atoms with E-state index >= 15 is 0 Å². The van der Waals surface area contributed by atoms with Gasteiger partial charge in [-0.1, -0.05) is 37.3 Å². The van der Waals surface area contributed by atoms with Gasteiger partial charge in [-0.2, -0.15) is 0 Å². The number of ether oxygens (including phenoxy) is 1. The number of nitrogens with two attached hydrogens (primary N) is 1. The first-order valence-corrected chi connectivity index (χ1v) is 10.8. The predicted molar refractivity (Wildman–Crippen MR) is 122 cm³/mol. The molecule has 1 radical (unpaired) electrons. The standard InChI is InChI=1S/C25H32N3O3/c1-19(25(26)30)8-13-24(29)28-16-14-22(15-17-28)27(2)21-9-11-23(12-10-21)31-18-20-6-4-3-5-7-20/h3-7,9-13,19,22H,8,14-18H2,1-2H3,(H2,26,30). The molecule has 0 spiro atoms. The number of carbonyl (C=O) groups is 2. The molecule has 1 aliphatic heterocycles. The molecule has 3 rings (SSSR count). The number of likely N-dealkylation sites (tertiary alicyclic amines) is 1. The normalized spacial score (nSPS) is 15.4. The lowest BCUT2D eigenvalue weighted by molar-refractivity contribution is -0.129. The number of hydrogen-bond acceptors (Lipinski definition) is 4. The molecular weight excluding hydrogens is 390 g/mol. The zero-order valence-corrected chi connectivity index (χ0v) is 18.4. The van der Waals surface area contributed by atoms with Crippen LogP contribution in [0.2, 0.25) is 0 Å². The zero-order valence-electron chi connectivity index (χ0n) is 18.4. The van der Waals surface area contributed by atoms with Crippen molar-refractivity contribution in [2.24, 2.45) is 11.7 Å². The molecule has 2 aromatic rings. The van der Waals surface area contributed by atoms with Crippen molar-refractivity contribution in [2.45, 2.75) is 38.8 Å². The van der Waals surface area contributed by atoms with Gasteiger partial charge in [0.25, 0.3) is 0 Å². The number of amides is 2. The Hall–Kier alpha value is -3.02. The summed E-state index contributed by atoms with van der Waals surface area (Å²) < 4.78 is 5.87. The van der Waals surface area contributed by atoms with Crippen LogP contribution in [0.5, 0.6) is 5.75 Å². The van der Waals surface area contributed by atoms with E-state index in [-0.39, 0.29) is 17.7 Å². The van der Waals surface area contributed by atoms with Gasteiger partial charge in [0.1, 0.15) is 12.4 Å². The van der Waals surface area contributed by atoms with Gasteiger partial charge in [0.2, 0.25) is 11.8 Å². The minimum absolute atomic E-state index is 0.00544. The highest BCUT2D eigenvalue weighted by molar-refractivity contribution is 5.86. The van der Waals surface area contributed by atoms with Gasteiger partial charge < -0.3 is 20.3 Å². The Kier molecular flexibility index (Phi) is 7.93. The molecular formula is C25H32N3O3. The monoisotopic (exact) mass is 422 g/mol. The SMILES string of the molecule is CC(C[CH]C(=O)N1CCC(N(C)c2ccc(OCc3ccccc3)cc2)CC1)C(N)=O. The molecule has 0 aliphatic carbocycles. The number of rotatable bonds is 9. The zero-order chi connectivity index (χ0) is 22.2. The number of benzene rings is 2. The summed E-state index contributed by atoms with van der Waals surface area (Å²) in [6.45, 7) is 3.73. The van der Waals surface area contributed by atoms with E-state index < -0.39 is 0 Å². The Labute approximate surface area is 185 Å². The van der Waals surface area contributed by atoms with E-state index in [0.717, 1.165) is 29.8 Å². The van der Waals surface area contributed by atoms with Crippen LogP contribution in [0.1, 0.15) is 31.7 Å². The molecule has 0 saturated carbocycles. The Morgan fingerprint density at radius 1 is 1.13 bits per heavy atom. The highest BCUT2D eigenvalue weighted by atomic mass is 16.5. The highest BCUT2D eigenvalue weighted by Crippen LogP contribution is 2.25. The van der Waals surface area contributed by atoms with Crippen molar-refractivity contribution in [3.63, 3.8) is 0 Å². The third-order valence-electron chi connectivity index (χ3n) is 5.95. The fourth-order valence-electron chi connectivity index (χ4n) is 3.73. The molecule has 6 nitrogen and oxygen atoms in total. The van der Waals surface area contributed by atoms with Crippen LogP contribution in [-0.2, 0) is 16.2 Å². The van der Waals surface area contributed by atoms with Crippen LogP contribution < -0.4 is 15.4 Å². The molecule has 1 heterocycles. The van der Waals surface area contributed by atoms with Crippen LogP contribution in [0.15, 0.2) is 54.6 Å². The van der Waals surface area contributed by atoms with E-state index in [2.05, 4.69) is 36.2 Å². The average Bonchev–Trinajstić information content (AvgIpc) is 2.81. The van der Waals surface area contributed by atoms with Gasteiger partial charge in [0.15, 0.2) is 0 Å². The lowest BCUT2D eigenvalue weighted by atomic mass is 10.0. The summed E-state index contributed by atoms with van der Waals surface area (Å²) in [6, 6.07) is 18.7. The minimum atomic E-state index is -0.374. The van der Waals surface area contributed by atoms with E-state index in [1.54, 1.807) is 13.3 Å². The second-order valence-electron chi connectivity index (χ2n) is 8.18. The van der Waals surface area contributed by atoms with Crippen molar-refractivity contribution < 1.29 is 14.3 Å². The maximum Gasteiger partial charge on any atom is 0.226 e. The third kappa shape index (κ3) is 6.48. The Morgan fingerprint density at radius 2 is 1.77 bits per heavy atom.